The van der Waals surface area contributed by atoms with Gasteiger partial charge in [0.15, 0.2) is 17.1 Å². The maximum Gasteiger partial charge on any atom is 0.417 e. The average Bonchev–Trinajstić information content (AvgIpc) is 2.77. The summed E-state index contributed by atoms with van der Waals surface area (Å²) in [6, 6.07) is 3.00. The monoisotopic (exact) mass is 463 g/mol. The number of hydrogen-bond acceptors (Lipinski definition) is 5. The highest BCUT2D eigenvalue weighted by molar-refractivity contribution is 5.96. The van der Waals surface area contributed by atoms with E-state index in [0.717, 1.165) is 25.1 Å². The Labute approximate surface area is 177 Å². The van der Waals surface area contributed by atoms with Crippen LogP contribution in [0.25, 0.3) is 0 Å². The summed E-state index contributed by atoms with van der Waals surface area (Å²) in [6.07, 6.45) is -5.19. The molecule has 0 saturated heterocycles. The van der Waals surface area contributed by atoms with Crippen LogP contribution >= 0.6 is 0 Å². The van der Waals surface area contributed by atoms with Crippen LogP contribution in [-0.4, -0.2) is 35.7 Å². The van der Waals surface area contributed by atoms with Crippen LogP contribution in [0.3, 0.4) is 0 Å². The first-order valence-electron chi connectivity index (χ1n) is 9.09. The number of Topliss-reactive ketones (excluding diaryl/α,β-unsaturated/α-hetero) is 1. The number of aliphatic imine (C=N–C) groups is 1. The Balaban J connectivity index is 1.96. The van der Waals surface area contributed by atoms with Gasteiger partial charge in [0, 0.05) is 18.2 Å². The van der Waals surface area contributed by atoms with E-state index in [4.69, 9.17) is 10.5 Å². The number of nitrogens with zero attached hydrogens (tertiary/aromatic N) is 2. The van der Waals surface area contributed by atoms with Crippen LogP contribution in [0.2, 0.25) is 0 Å². The Hall–Kier alpha value is -3.02. The highest BCUT2D eigenvalue weighted by Crippen LogP contribution is 2.43. The second-order valence-electron chi connectivity index (χ2n) is 7.34. The first-order valence-corrected chi connectivity index (χ1v) is 9.09. The number of hydrogen-bond donors (Lipinski definition) is 1. The third-order valence-electron chi connectivity index (χ3n) is 4.97. The molecule has 0 spiro atoms. The molecular formula is C20H16F7N3O2. The van der Waals surface area contributed by atoms with Crippen molar-refractivity contribution in [1.82, 2.24) is 4.98 Å². The van der Waals surface area contributed by atoms with Gasteiger partial charge < -0.3 is 10.5 Å². The van der Waals surface area contributed by atoms with Crippen LogP contribution in [0.4, 0.5) is 30.7 Å². The lowest BCUT2D eigenvalue weighted by molar-refractivity contribution is -0.138. The van der Waals surface area contributed by atoms with Crippen LogP contribution in [0, 0.1) is 11.6 Å². The van der Waals surface area contributed by atoms with Crippen LogP contribution in [0.15, 0.2) is 35.5 Å². The van der Waals surface area contributed by atoms with E-state index in [1.165, 1.54) is 0 Å². The van der Waals surface area contributed by atoms with Crippen molar-refractivity contribution in [2.75, 3.05) is 13.2 Å². The molecule has 0 fully saturated rings. The smallest absolute Gasteiger partial charge is 0.385 e. The minimum atomic E-state index is -4.85. The number of amidine groups is 1. The number of carbonyl (C=O) groups is 1. The van der Waals surface area contributed by atoms with E-state index < -0.39 is 64.9 Å². The second-order valence-corrected chi connectivity index (χ2v) is 7.34. The predicted molar refractivity (Wildman–Crippen MR) is 98.4 cm³/mol. The summed E-state index contributed by atoms with van der Waals surface area (Å²) < 4.78 is 101. The van der Waals surface area contributed by atoms with E-state index in [9.17, 15) is 35.5 Å². The average molecular weight is 463 g/mol. The highest BCUT2D eigenvalue weighted by atomic mass is 19.4. The van der Waals surface area contributed by atoms with Gasteiger partial charge in [-0.15, -0.1) is 0 Å². The van der Waals surface area contributed by atoms with Gasteiger partial charge >= 0.3 is 6.18 Å². The Kier molecular flexibility index (Phi) is 6.02. The van der Waals surface area contributed by atoms with Gasteiger partial charge in [-0.2, -0.15) is 13.2 Å². The summed E-state index contributed by atoms with van der Waals surface area (Å²) in [5.74, 6) is -7.54. The van der Waals surface area contributed by atoms with Gasteiger partial charge in [-0.05, 0) is 30.7 Å². The standard InChI is InChI=1S/C20H16F7N3O2/c1-18(19(23,24)9-32-8-16(28)30-18)12-4-10(2-3-13(12)21)5-15(31)17-14(22)6-11(7-29-17)20(25,26)27/h2-4,6-7H,5,8-9H2,1H3,(H2,28,30)/t18-/m1/s1. The summed E-state index contributed by atoms with van der Waals surface area (Å²) in [7, 11) is 0. The van der Waals surface area contributed by atoms with Gasteiger partial charge in [0.05, 0.1) is 5.56 Å². The molecule has 0 saturated carbocycles. The van der Waals surface area contributed by atoms with Crippen molar-refractivity contribution < 1.29 is 40.3 Å². The number of halogens is 7. The van der Waals surface area contributed by atoms with E-state index in [-0.39, 0.29) is 24.1 Å². The van der Waals surface area contributed by atoms with E-state index in [2.05, 4.69) is 9.98 Å². The molecule has 1 aliphatic heterocycles. The Morgan fingerprint density at radius 2 is 1.88 bits per heavy atom. The van der Waals surface area contributed by atoms with E-state index in [1.54, 1.807) is 0 Å². The molecule has 2 aromatic rings. The van der Waals surface area contributed by atoms with Crippen LogP contribution in [0.5, 0.6) is 0 Å². The summed E-state index contributed by atoms with van der Waals surface area (Å²) in [6.45, 7) is -0.517. The highest BCUT2D eigenvalue weighted by Gasteiger charge is 2.54. The summed E-state index contributed by atoms with van der Waals surface area (Å²) in [5, 5.41) is 0. The summed E-state index contributed by atoms with van der Waals surface area (Å²) in [4.78, 5) is 19.4. The normalized spacial score (nSPS) is 21.1. The molecule has 32 heavy (non-hydrogen) atoms. The quantitative estimate of drug-likeness (QED) is 0.549. The lowest BCUT2D eigenvalue weighted by Crippen LogP contribution is -2.45. The van der Waals surface area contributed by atoms with Crippen molar-refractivity contribution in [3.63, 3.8) is 0 Å². The first kappa shape index (κ1) is 23.6. The molecule has 1 aromatic heterocycles. The van der Waals surface area contributed by atoms with Crippen LogP contribution in [-0.2, 0) is 22.9 Å². The van der Waals surface area contributed by atoms with Crippen molar-refractivity contribution in [3.05, 3.63) is 64.5 Å². The van der Waals surface area contributed by atoms with Gasteiger partial charge in [-0.3, -0.25) is 9.79 Å². The largest absolute Gasteiger partial charge is 0.417 e. The molecule has 0 radical (unpaired) electrons. The minimum Gasteiger partial charge on any atom is -0.385 e. The summed E-state index contributed by atoms with van der Waals surface area (Å²) in [5.41, 5.74) is 0.255. The van der Waals surface area contributed by atoms with Crippen molar-refractivity contribution in [3.8, 4) is 0 Å². The molecule has 5 nitrogen and oxygen atoms in total. The molecule has 1 aromatic carbocycles. The molecule has 2 heterocycles. The predicted octanol–water partition coefficient (Wildman–Crippen LogP) is 4.04. The number of benzene rings is 1. The molecule has 2 N–H and O–H groups in total. The minimum absolute atomic E-state index is 0.0107. The first-order chi connectivity index (χ1) is 14.7. The van der Waals surface area contributed by atoms with Crippen molar-refractivity contribution >= 4 is 11.6 Å². The van der Waals surface area contributed by atoms with E-state index in [0.29, 0.717) is 6.20 Å². The van der Waals surface area contributed by atoms with Crippen LogP contribution in [0.1, 0.15) is 34.1 Å². The fourth-order valence-corrected chi connectivity index (χ4v) is 3.21. The number of carbonyl (C=O) groups excluding carboxylic acids is 1. The lowest BCUT2D eigenvalue weighted by atomic mass is 9.84. The molecule has 1 atom stereocenters. The molecule has 0 bridgehead atoms. The molecule has 1 aliphatic rings. The zero-order chi connectivity index (χ0) is 23.9. The number of pyridine rings is 1. The Morgan fingerprint density at radius 1 is 1.19 bits per heavy atom. The van der Waals surface area contributed by atoms with Gasteiger partial charge in [-0.25, -0.2) is 22.5 Å². The van der Waals surface area contributed by atoms with Gasteiger partial charge in [0.25, 0.3) is 5.92 Å². The molecule has 0 unspecified atom stereocenters. The molecule has 12 heteroatoms. The SMILES string of the molecule is C[C@]1(c2cc(CC(=O)c3ncc(C(F)(F)F)cc3F)ccc2F)N=C(N)COCC1(F)F. The van der Waals surface area contributed by atoms with Crippen LogP contribution < -0.4 is 5.73 Å². The van der Waals surface area contributed by atoms with Gasteiger partial charge in [-0.1, -0.05) is 6.07 Å². The second kappa shape index (κ2) is 8.15. The number of alkyl halides is 5. The topological polar surface area (TPSA) is 77.6 Å². The lowest BCUT2D eigenvalue weighted by Gasteiger charge is -2.33. The Bertz CT molecular complexity index is 1090. The zero-order valence-corrected chi connectivity index (χ0v) is 16.4. The van der Waals surface area contributed by atoms with Gasteiger partial charge in [0.1, 0.15) is 30.6 Å². The number of rotatable bonds is 4. The van der Waals surface area contributed by atoms with Crippen molar-refractivity contribution in [2.24, 2.45) is 10.7 Å². The number of ether oxygens (including phenoxy) is 1. The summed E-state index contributed by atoms with van der Waals surface area (Å²) >= 11 is 0. The number of nitrogens with two attached hydrogens (primary N) is 1. The molecule has 3 rings (SSSR count). The van der Waals surface area contributed by atoms with Crippen molar-refractivity contribution in [1.29, 1.82) is 0 Å². The van der Waals surface area contributed by atoms with Gasteiger partial charge in [0.2, 0.25) is 0 Å². The fourth-order valence-electron chi connectivity index (χ4n) is 3.21. The molecule has 0 aliphatic carbocycles. The number of aromatic nitrogens is 1. The maximum absolute atomic E-state index is 14.7. The van der Waals surface area contributed by atoms with E-state index >= 15 is 0 Å². The number of ketones is 1. The third-order valence-corrected chi connectivity index (χ3v) is 4.97. The fraction of sp³-hybridized carbons (Fsp3) is 0.350. The third kappa shape index (κ3) is 4.45. The molecule has 172 valence electrons. The maximum atomic E-state index is 14.7. The zero-order valence-electron chi connectivity index (χ0n) is 16.4. The molecule has 0 amide bonds. The Morgan fingerprint density at radius 3 is 2.50 bits per heavy atom. The molecular weight excluding hydrogens is 447 g/mol. The van der Waals surface area contributed by atoms with E-state index in [1.807, 2.05) is 0 Å². The van der Waals surface area contributed by atoms with Crippen molar-refractivity contribution in [2.45, 2.75) is 31.0 Å².